The number of benzene rings is 1. The van der Waals surface area contributed by atoms with Gasteiger partial charge in [-0.05, 0) is 49.6 Å². The molecule has 2 atom stereocenters. The Morgan fingerprint density at radius 1 is 1.11 bits per heavy atom. The molecule has 3 aromatic rings. The van der Waals surface area contributed by atoms with Crippen molar-refractivity contribution in [3.05, 3.63) is 60.4 Å². The van der Waals surface area contributed by atoms with Gasteiger partial charge in [0.05, 0.1) is 11.6 Å². The highest BCUT2D eigenvalue weighted by Crippen LogP contribution is 2.33. The Hall–Kier alpha value is -2.31. The molecule has 28 heavy (non-hydrogen) atoms. The minimum absolute atomic E-state index is 0.0611. The third-order valence-electron chi connectivity index (χ3n) is 5.63. The van der Waals surface area contributed by atoms with Gasteiger partial charge >= 0.3 is 6.61 Å². The van der Waals surface area contributed by atoms with Crippen molar-refractivity contribution < 1.29 is 13.5 Å². The lowest BCUT2D eigenvalue weighted by molar-refractivity contribution is -0.179. The number of alkyl halides is 2. The first-order valence-corrected chi connectivity index (χ1v) is 9.72. The average molecular weight is 385 g/mol. The van der Waals surface area contributed by atoms with E-state index in [2.05, 4.69) is 42.0 Å². The smallest absolute Gasteiger partial charge is 0.319 e. The first-order chi connectivity index (χ1) is 13.5. The number of halogens is 2. The number of hydrogen-bond acceptors (Lipinski definition) is 3. The summed E-state index contributed by atoms with van der Waals surface area (Å²) < 4.78 is 32.6. The van der Waals surface area contributed by atoms with Crippen LogP contribution in [0.3, 0.4) is 0 Å². The maximum Gasteiger partial charge on any atom is 0.345 e. The van der Waals surface area contributed by atoms with Gasteiger partial charge in [-0.25, -0.2) is 4.52 Å². The number of aromatic nitrogens is 2. The molecule has 3 heterocycles. The molecule has 0 bridgehead atoms. The number of rotatable bonds is 5. The number of hydrogen-bond donors (Lipinski definition) is 0. The maximum absolute atomic E-state index is 12.9. The molecule has 1 fully saturated rings. The molecular weight excluding hydrogens is 360 g/mol. The monoisotopic (exact) mass is 385 g/mol. The summed E-state index contributed by atoms with van der Waals surface area (Å²) >= 11 is 0. The van der Waals surface area contributed by atoms with Crippen LogP contribution in [0.2, 0.25) is 0 Å². The highest BCUT2D eigenvalue weighted by atomic mass is 19.3. The molecule has 1 aromatic carbocycles. The van der Waals surface area contributed by atoms with E-state index in [9.17, 15) is 8.78 Å². The van der Waals surface area contributed by atoms with Crippen molar-refractivity contribution in [2.75, 3.05) is 13.1 Å². The predicted octanol–water partition coefficient (Wildman–Crippen LogP) is 4.81. The van der Waals surface area contributed by atoms with E-state index < -0.39 is 12.7 Å². The van der Waals surface area contributed by atoms with Crippen LogP contribution in [-0.2, 0) is 4.74 Å². The van der Waals surface area contributed by atoms with Crippen molar-refractivity contribution in [3.63, 3.8) is 0 Å². The highest BCUT2D eigenvalue weighted by molar-refractivity contribution is 5.70. The van der Waals surface area contributed by atoms with E-state index in [4.69, 9.17) is 4.74 Å². The zero-order chi connectivity index (χ0) is 19.7. The summed E-state index contributed by atoms with van der Waals surface area (Å²) in [5, 5.41) is 4.30. The second-order valence-electron chi connectivity index (χ2n) is 7.66. The molecule has 148 valence electrons. The fraction of sp³-hybridized carbons (Fsp3) is 0.409. The largest absolute Gasteiger partial charge is 0.345 e. The van der Waals surface area contributed by atoms with Crippen molar-refractivity contribution in [1.82, 2.24) is 14.5 Å². The number of ether oxygens (including phenoxy) is 1. The molecule has 0 radical (unpaired) electrons. The lowest BCUT2D eigenvalue weighted by Gasteiger charge is -2.40. The quantitative estimate of drug-likeness (QED) is 0.631. The molecule has 2 aromatic heterocycles. The number of likely N-dealkylation sites (tertiary alicyclic amines) is 1. The molecule has 0 saturated carbocycles. The summed E-state index contributed by atoms with van der Waals surface area (Å²) in [6, 6.07) is 14.6. The van der Waals surface area contributed by atoms with Gasteiger partial charge in [0.1, 0.15) is 0 Å². The lowest BCUT2D eigenvalue weighted by atomic mass is 9.86. The molecule has 1 saturated heterocycles. The molecule has 0 N–H and O–H groups in total. The van der Waals surface area contributed by atoms with Crippen LogP contribution in [0, 0.1) is 0 Å². The van der Waals surface area contributed by atoms with E-state index in [1.807, 2.05) is 35.0 Å². The van der Waals surface area contributed by atoms with Gasteiger partial charge in [0.15, 0.2) is 0 Å². The van der Waals surface area contributed by atoms with Gasteiger partial charge in [-0.3, -0.25) is 0 Å². The summed E-state index contributed by atoms with van der Waals surface area (Å²) in [5.74, 6) is -0.0611. The second-order valence-corrected chi connectivity index (χ2v) is 7.66. The van der Waals surface area contributed by atoms with Gasteiger partial charge in [-0.15, -0.1) is 0 Å². The molecule has 0 aliphatic carbocycles. The molecule has 0 amide bonds. The Balaban J connectivity index is 1.59. The normalized spacial score (nSPS) is 21.1. The van der Waals surface area contributed by atoms with Crippen LogP contribution in [-0.4, -0.2) is 46.4 Å². The summed E-state index contributed by atoms with van der Waals surface area (Å²) in [4.78, 5) is 2.33. The summed E-state index contributed by atoms with van der Waals surface area (Å²) in [6.45, 7) is 3.06. The first-order valence-electron chi connectivity index (χ1n) is 9.72. The van der Waals surface area contributed by atoms with Crippen LogP contribution in [0.25, 0.3) is 16.6 Å². The first kappa shape index (κ1) is 19.0. The van der Waals surface area contributed by atoms with Crippen LogP contribution in [0.1, 0.15) is 31.7 Å². The Labute approximate surface area is 163 Å². The van der Waals surface area contributed by atoms with Crippen molar-refractivity contribution in [2.45, 2.75) is 44.9 Å². The highest BCUT2D eigenvalue weighted by Gasteiger charge is 2.33. The van der Waals surface area contributed by atoms with Gasteiger partial charge in [-0.2, -0.15) is 13.9 Å². The lowest BCUT2D eigenvalue weighted by Crippen LogP contribution is -2.46. The molecule has 4 nitrogen and oxygen atoms in total. The van der Waals surface area contributed by atoms with E-state index in [0.717, 1.165) is 35.3 Å². The van der Waals surface area contributed by atoms with Crippen LogP contribution < -0.4 is 0 Å². The minimum Gasteiger partial charge on any atom is -0.319 e. The summed E-state index contributed by atoms with van der Waals surface area (Å²) in [6.07, 6.45) is 3.91. The molecular formula is C22H25F2N3O. The minimum atomic E-state index is -2.74. The Morgan fingerprint density at radius 3 is 2.57 bits per heavy atom. The van der Waals surface area contributed by atoms with E-state index in [-0.39, 0.29) is 5.92 Å². The second kappa shape index (κ2) is 7.97. The SMILES string of the molecule is CC(C)N1CC[C@@H](OC(F)F)[C@H](c2ccc(-c3cc4cccnn4c3)cc2)C1. The third kappa shape index (κ3) is 3.93. The van der Waals surface area contributed by atoms with Crippen molar-refractivity contribution >= 4 is 5.52 Å². The fourth-order valence-electron chi connectivity index (χ4n) is 4.07. The molecule has 6 heteroatoms. The van der Waals surface area contributed by atoms with Crippen LogP contribution >= 0.6 is 0 Å². The number of fused-ring (bicyclic) bond motifs is 1. The van der Waals surface area contributed by atoms with Gasteiger partial charge < -0.3 is 9.64 Å². The third-order valence-corrected chi connectivity index (χ3v) is 5.63. The van der Waals surface area contributed by atoms with E-state index in [1.54, 1.807) is 6.20 Å². The van der Waals surface area contributed by atoms with Crippen LogP contribution in [0.15, 0.2) is 54.9 Å². The topological polar surface area (TPSA) is 29.8 Å². The van der Waals surface area contributed by atoms with E-state index in [0.29, 0.717) is 12.5 Å². The number of piperidine rings is 1. The van der Waals surface area contributed by atoms with Crippen molar-refractivity contribution in [3.8, 4) is 11.1 Å². The molecule has 1 aliphatic heterocycles. The van der Waals surface area contributed by atoms with Gasteiger partial charge in [0.25, 0.3) is 0 Å². The van der Waals surface area contributed by atoms with Crippen LogP contribution in [0.4, 0.5) is 8.78 Å². The average Bonchev–Trinajstić information content (AvgIpc) is 3.12. The number of nitrogens with zero attached hydrogens (tertiary/aromatic N) is 3. The van der Waals surface area contributed by atoms with Crippen LogP contribution in [0.5, 0.6) is 0 Å². The van der Waals surface area contributed by atoms with Gasteiger partial charge in [0, 0.05) is 43.0 Å². The molecule has 1 aliphatic rings. The van der Waals surface area contributed by atoms with Gasteiger partial charge in [-0.1, -0.05) is 24.3 Å². The van der Waals surface area contributed by atoms with Crippen molar-refractivity contribution in [2.24, 2.45) is 0 Å². The Kier molecular flexibility index (Phi) is 5.42. The maximum atomic E-state index is 12.9. The van der Waals surface area contributed by atoms with E-state index in [1.165, 1.54) is 0 Å². The Morgan fingerprint density at radius 2 is 1.89 bits per heavy atom. The zero-order valence-corrected chi connectivity index (χ0v) is 16.1. The Bertz CT molecular complexity index is 890. The van der Waals surface area contributed by atoms with Crippen molar-refractivity contribution in [1.29, 1.82) is 0 Å². The summed E-state index contributed by atoms with van der Waals surface area (Å²) in [7, 11) is 0. The summed E-state index contributed by atoms with van der Waals surface area (Å²) in [5.41, 5.74) is 4.24. The van der Waals surface area contributed by atoms with Gasteiger partial charge in [0.2, 0.25) is 0 Å². The zero-order valence-electron chi connectivity index (χ0n) is 16.1. The molecule has 4 rings (SSSR count). The fourth-order valence-corrected chi connectivity index (χ4v) is 4.07. The van der Waals surface area contributed by atoms with E-state index >= 15 is 0 Å². The molecule has 0 unspecified atom stereocenters. The molecule has 0 spiro atoms. The predicted molar refractivity (Wildman–Crippen MR) is 106 cm³/mol. The standard InChI is InChI=1S/C22H25F2N3O/c1-15(2)26-11-9-21(28-22(23)24)20(14-26)17-7-5-16(6-8-17)18-12-19-4-3-10-25-27(19)13-18/h3-8,10,12-13,15,20-22H,9,11,14H2,1-2H3/t20-,21+/m0/s1.